The van der Waals surface area contributed by atoms with Gasteiger partial charge in [-0.15, -0.1) is 24.0 Å². The molecule has 164 valence electrons. The molecule has 0 aliphatic carbocycles. The maximum atomic E-state index is 5.65. The molecule has 1 saturated heterocycles. The maximum absolute atomic E-state index is 5.65. The number of hydrogen-bond donors (Lipinski definition) is 1. The lowest BCUT2D eigenvalue weighted by Gasteiger charge is -2.21. The van der Waals surface area contributed by atoms with Gasteiger partial charge in [0.15, 0.2) is 5.96 Å². The van der Waals surface area contributed by atoms with Gasteiger partial charge in [0.1, 0.15) is 19.0 Å². The lowest BCUT2D eigenvalue weighted by molar-refractivity contribution is 0.157. The van der Waals surface area contributed by atoms with Gasteiger partial charge in [-0.25, -0.2) is 4.98 Å². The molecular weight excluding hydrogens is 495 g/mol. The van der Waals surface area contributed by atoms with E-state index >= 15 is 0 Å². The van der Waals surface area contributed by atoms with Crippen molar-refractivity contribution in [1.29, 1.82) is 0 Å². The number of pyridine rings is 1. The number of rotatable bonds is 9. The molecule has 0 bridgehead atoms. The van der Waals surface area contributed by atoms with Crippen molar-refractivity contribution in [2.75, 3.05) is 47.1 Å². The number of nitrogens with one attached hydrogen (secondary N) is 1. The number of ether oxygens (including phenoxy) is 3. The van der Waals surface area contributed by atoms with Crippen LogP contribution >= 0.6 is 24.0 Å². The van der Waals surface area contributed by atoms with E-state index in [0.717, 1.165) is 43.4 Å². The van der Waals surface area contributed by atoms with Crippen molar-refractivity contribution in [3.63, 3.8) is 0 Å². The average molecular weight is 526 g/mol. The first-order chi connectivity index (χ1) is 14.3. The van der Waals surface area contributed by atoms with Gasteiger partial charge in [0.2, 0.25) is 5.88 Å². The quantitative estimate of drug-likeness (QED) is 0.234. The zero-order chi connectivity index (χ0) is 20.3. The van der Waals surface area contributed by atoms with Gasteiger partial charge in [-0.1, -0.05) is 24.3 Å². The Labute approximate surface area is 195 Å². The molecule has 1 aromatic carbocycles. The van der Waals surface area contributed by atoms with Gasteiger partial charge in [-0.05, 0) is 24.1 Å². The molecule has 0 spiro atoms. The number of benzene rings is 1. The van der Waals surface area contributed by atoms with E-state index in [1.807, 2.05) is 55.7 Å². The minimum Gasteiger partial charge on any atom is -0.490 e. The van der Waals surface area contributed by atoms with Gasteiger partial charge in [0.25, 0.3) is 0 Å². The molecule has 2 heterocycles. The molecule has 1 unspecified atom stereocenters. The summed E-state index contributed by atoms with van der Waals surface area (Å²) in [7, 11) is 3.57. The van der Waals surface area contributed by atoms with Crippen LogP contribution in [0.5, 0.6) is 11.6 Å². The van der Waals surface area contributed by atoms with Crippen molar-refractivity contribution >= 4 is 29.9 Å². The normalized spacial score (nSPS) is 16.1. The zero-order valence-corrected chi connectivity index (χ0v) is 20.0. The van der Waals surface area contributed by atoms with Crippen molar-refractivity contribution in [2.45, 2.75) is 13.0 Å². The summed E-state index contributed by atoms with van der Waals surface area (Å²) < 4.78 is 16.5. The fourth-order valence-electron chi connectivity index (χ4n) is 3.33. The number of methoxy groups -OCH3 is 1. The molecule has 2 aromatic rings. The van der Waals surface area contributed by atoms with Crippen LogP contribution in [0.3, 0.4) is 0 Å². The summed E-state index contributed by atoms with van der Waals surface area (Å²) in [5.74, 6) is 2.92. The molecule has 1 N–H and O–H groups in total. The molecule has 30 heavy (non-hydrogen) atoms. The second-order valence-electron chi connectivity index (χ2n) is 6.97. The van der Waals surface area contributed by atoms with Crippen LogP contribution in [0.1, 0.15) is 12.0 Å². The minimum absolute atomic E-state index is 0. The van der Waals surface area contributed by atoms with Gasteiger partial charge < -0.3 is 24.4 Å². The predicted molar refractivity (Wildman–Crippen MR) is 129 cm³/mol. The van der Waals surface area contributed by atoms with Crippen LogP contribution in [0.4, 0.5) is 0 Å². The number of aromatic nitrogens is 1. The number of aliphatic imine (C=N–C) groups is 1. The number of likely N-dealkylation sites (tertiary alicyclic amines) is 1. The molecule has 1 fully saturated rings. The van der Waals surface area contributed by atoms with Crippen LogP contribution in [0.2, 0.25) is 0 Å². The molecule has 0 radical (unpaired) electrons. The summed E-state index contributed by atoms with van der Waals surface area (Å²) in [6.45, 7) is 4.38. The maximum Gasteiger partial charge on any atom is 0.213 e. The third-order valence-electron chi connectivity index (χ3n) is 4.79. The summed E-state index contributed by atoms with van der Waals surface area (Å²) in [5.41, 5.74) is 1.08. The van der Waals surface area contributed by atoms with Crippen molar-refractivity contribution in [3.05, 3.63) is 54.2 Å². The molecule has 1 aliphatic heterocycles. The highest BCUT2D eigenvalue weighted by atomic mass is 127. The van der Waals surface area contributed by atoms with Crippen LogP contribution in [0, 0.1) is 5.92 Å². The number of guanidine groups is 1. The summed E-state index contributed by atoms with van der Waals surface area (Å²) in [6, 6.07) is 13.6. The Balaban J connectivity index is 0.00000320. The molecule has 1 aliphatic rings. The zero-order valence-electron chi connectivity index (χ0n) is 17.6. The number of halogens is 1. The van der Waals surface area contributed by atoms with E-state index in [1.165, 1.54) is 0 Å². The smallest absolute Gasteiger partial charge is 0.213 e. The van der Waals surface area contributed by atoms with E-state index in [9.17, 15) is 0 Å². The molecular formula is C22H31IN4O3. The Morgan fingerprint density at radius 2 is 1.97 bits per heavy atom. The Bertz CT molecular complexity index is 759. The van der Waals surface area contributed by atoms with Gasteiger partial charge in [0, 0.05) is 52.0 Å². The molecule has 0 amide bonds. The Morgan fingerprint density at radius 3 is 2.67 bits per heavy atom. The van der Waals surface area contributed by atoms with Crippen LogP contribution in [-0.4, -0.2) is 62.9 Å². The molecule has 0 saturated carbocycles. The summed E-state index contributed by atoms with van der Waals surface area (Å²) in [6.07, 6.45) is 2.96. The van der Waals surface area contributed by atoms with E-state index in [-0.39, 0.29) is 24.0 Å². The van der Waals surface area contributed by atoms with Crippen LogP contribution in [0.25, 0.3) is 0 Å². The lowest BCUT2D eigenvalue weighted by Crippen LogP contribution is -2.39. The van der Waals surface area contributed by atoms with E-state index in [2.05, 4.69) is 20.2 Å². The number of nitrogens with zero attached hydrogens (tertiary/aromatic N) is 3. The van der Waals surface area contributed by atoms with Crippen molar-refractivity contribution in [2.24, 2.45) is 10.9 Å². The Hall–Kier alpha value is -2.07. The van der Waals surface area contributed by atoms with Crippen molar-refractivity contribution < 1.29 is 14.2 Å². The fourth-order valence-corrected chi connectivity index (χ4v) is 3.33. The van der Waals surface area contributed by atoms with E-state index in [4.69, 9.17) is 14.2 Å². The fraction of sp³-hybridized carbons (Fsp3) is 0.455. The first-order valence-corrected chi connectivity index (χ1v) is 9.98. The Morgan fingerprint density at radius 1 is 1.17 bits per heavy atom. The third-order valence-corrected chi connectivity index (χ3v) is 4.79. The van der Waals surface area contributed by atoms with Gasteiger partial charge in [-0.2, -0.15) is 0 Å². The van der Waals surface area contributed by atoms with Crippen molar-refractivity contribution in [1.82, 2.24) is 15.2 Å². The summed E-state index contributed by atoms with van der Waals surface area (Å²) >= 11 is 0. The van der Waals surface area contributed by atoms with Gasteiger partial charge >= 0.3 is 0 Å². The largest absolute Gasteiger partial charge is 0.490 e. The summed E-state index contributed by atoms with van der Waals surface area (Å²) in [5, 5.41) is 3.41. The standard InChI is InChI=1S/C22H30N4O3.HI/c1-23-22(26-11-10-19(16-26)17-27-2)25-15-18-8-9-21(24-14-18)29-13-12-28-20-6-4-3-5-7-20;/h3-9,14,19H,10-13,15-17H2,1-2H3,(H,23,25);1H. The van der Waals surface area contributed by atoms with E-state index in [1.54, 1.807) is 7.11 Å². The third kappa shape index (κ3) is 7.64. The van der Waals surface area contributed by atoms with E-state index < -0.39 is 0 Å². The highest BCUT2D eigenvalue weighted by Gasteiger charge is 2.24. The molecule has 3 rings (SSSR count). The predicted octanol–water partition coefficient (Wildman–Crippen LogP) is 3.20. The second-order valence-corrected chi connectivity index (χ2v) is 6.97. The molecule has 1 atom stereocenters. The van der Waals surface area contributed by atoms with Crippen LogP contribution in [-0.2, 0) is 11.3 Å². The first kappa shape index (κ1) is 24.2. The van der Waals surface area contributed by atoms with Crippen LogP contribution < -0.4 is 14.8 Å². The van der Waals surface area contributed by atoms with Gasteiger partial charge in [-0.3, -0.25) is 4.99 Å². The highest BCUT2D eigenvalue weighted by molar-refractivity contribution is 14.0. The number of para-hydroxylation sites is 1. The SMILES string of the molecule is CN=C(NCc1ccc(OCCOc2ccccc2)nc1)N1CCC(COC)C1.I. The van der Waals surface area contributed by atoms with Crippen LogP contribution in [0.15, 0.2) is 53.7 Å². The minimum atomic E-state index is 0. The average Bonchev–Trinajstić information content (AvgIpc) is 3.22. The molecule has 7 nitrogen and oxygen atoms in total. The highest BCUT2D eigenvalue weighted by Crippen LogP contribution is 2.16. The molecule has 1 aromatic heterocycles. The number of hydrogen-bond acceptors (Lipinski definition) is 5. The molecule has 8 heteroatoms. The second kappa shape index (κ2) is 13.3. The lowest BCUT2D eigenvalue weighted by atomic mass is 10.1. The first-order valence-electron chi connectivity index (χ1n) is 9.98. The topological polar surface area (TPSA) is 68.2 Å². The van der Waals surface area contributed by atoms with Gasteiger partial charge in [0.05, 0.1) is 6.61 Å². The van der Waals surface area contributed by atoms with Crippen molar-refractivity contribution in [3.8, 4) is 11.6 Å². The summed E-state index contributed by atoms with van der Waals surface area (Å²) in [4.78, 5) is 11.1. The Kier molecular flexibility index (Phi) is 10.7. The monoisotopic (exact) mass is 526 g/mol. The van der Waals surface area contributed by atoms with E-state index in [0.29, 0.717) is 31.6 Å².